The molecular formula is C24H32N6O2S. The van der Waals surface area contributed by atoms with Gasteiger partial charge in [-0.1, -0.05) is 50.3 Å². The van der Waals surface area contributed by atoms with Gasteiger partial charge in [0.2, 0.25) is 5.82 Å². The Balaban J connectivity index is 1.40. The maximum Gasteiger partial charge on any atom is 0.261 e. The lowest BCUT2D eigenvalue weighted by molar-refractivity contribution is 0.305. The van der Waals surface area contributed by atoms with E-state index in [9.17, 15) is 8.42 Å². The molecule has 1 fully saturated rings. The van der Waals surface area contributed by atoms with Crippen molar-refractivity contribution in [1.29, 1.82) is 0 Å². The van der Waals surface area contributed by atoms with Gasteiger partial charge >= 0.3 is 0 Å². The Labute approximate surface area is 195 Å². The molecule has 0 aliphatic heterocycles. The first kappa shape index (κ1) is 23.4. The predicted octanol–water partition coefficient (Wildman–Crippen LogP) is 4.13. The molecule has 0 amide bonds. The first-order valence-corrected chi connectivity index (χ1v) is 13.1. The largest absolute Gasteiger partial charge is 0.310 e. The Kier molecular flexibility index (Phi) is 7.39. The molecule has 0 spiro atoms. The number of benzene rings is 2. The van der Waals surface area contributed by atoms with Gasteiger partial charge in [-0.2, -0.15) is 4.80 Å². The second kappa shape index (κ2) is 10.4. The van der Waals surface area contributed by atoms with Crippen LogP contribution in [0.5, 0.6) is 0 Å². The van der Waals surface area contributed by atoms with Gasteiger partial charge in [0.05, 0.1) is 17.6 Å². The first-order valence-electron chi connectivity index (χ1n) is 11.6. The van der Waals surface area contributed by atoms with Crippen LogP contribution in [-0.4, -0.2) is 34.7 Å². The third-order valence-electron chi connectivity index (χ3n) is 6.25. The highest BCUT2D eigenvalue weighted by Gasteiger charge is 2.19. The Hall–Kier alpha value is -2.78. The third kappa shape index (κ3) is 6.17. The van der Waals surface area contributed by atoms with Gasteiger partial charge in [0.15, 0.2) is 0 Å². The Bertz CT molecular complexity index is 1150. The molecule has 1 aromatic heterocycles. The number of rotatable bonds is 9. The van der Waals surface area contributed by atoms with E-state index in [0.717, 1.165) is 11.5 Å². The van der Waals surface area contributed by atoms with Crippen LogP contribution in [0.3, 0.4) is 0 Å². The zero-order valence-electron chi connectivity index (χ0n) is 19.2. The van der Waals surface area contributed by atoms with Gasteiger partial charge in [-0.3, -0.25) is 4.72 Å². The SMILES string of the molecule is CC(CC1CCCCC1)NCc1ccccc1NS(=O)(=O)c1ccc(-c2nnn(C)n2)cc1. The second-order valence-electron chi connectivity index (χ2n) is 8.91. The van der Waals surface area contributed by atoms with Crippen molar-refractivity contribution in [2.75, 3.05) is 4.72 Å². The number of nitrogens with one attached hydrogen (secondary N) is 2. The van der Waals surface area contributed by atoms with Crippen molar-refractivity contribution in [3.05, 3.63) is 54.1 Å². The minimum Gasteiger partial charge on any atom is -0.310 e. The number of sulfonamides is 1. The lowest BCUT2D eigenvalue weighted by atomic mass is 9.85. The highest BCUT2D eigenvalue weighted by atomic mass is 32.2. The minimum absolute atomic E-state index is 0.184. The number of hydrogen-bond acceptors (Lipinski definition) is 6. The molecule has 0 bridgehead atoms. The number of aryl methyl sites for hydroxylation is 1. The van der Waals surface area contributed by atoms with Gasteiger partial charge in [-0.05, 0) is 60.4 Å². The molecule has 9 heteroatoms. The van der Waals surface area contributed by atoms with E-state index in [2.05, 4.69) is 32.4 Å². The zero-order chi connectivity index (χ0) is 23.3. The van der Waals surface area contributed by atoms with E-state index in [1.165, 1.54) is 43.3 Å². The van der Waals surface area contributed by atoms with E-state index in [0.29, 0.717) is 29.7 Å². The number of hydrogen-bond donors (Lipinski definition) is 2. The minimum atomic E-state index is -3.73. The van der Waals surface area contributed by atoms with Crippen LogP contribution in [0.15, 0.2) is 53.4 Å². The molecule has 176 valence electrons. The van der Waals surface area contributed by atoms with Gasteiger partial charge in [0, 0.05) is 18.2 Å². The van der Waals surface area contributed by atoms with Gasteiger partial charge in [0.25, 0.3) is 10.0 Å². The van der Waals surface area contributed by atoms with E-state index in [4.69, 9.17) is 0 Å². The molecule has 0 saturated heterocycles. The fourth-order valence-electron chi connectivity index (χ4n) is 4.45. The average molecular weight is 469 g/mol. The van der Waals surface area contributed by atoms with Crippen molar-refractivity contribution in [3.63, 3.8) is 0 Å². The van der Waals surface area contributed by atoms with Crippen LogP contribution in [0.1, 0.15) is 51.0 Å². The van der Waals surface area contributed by atoms with Gasteiger partial charge in [-0.15, -0.1) is 10.2 Å². The molecule has 2 N–H and O–H groups in total. The summed E-state index contributed by atoms with van der Waals surface area (Å²) in [6.45, 7) is 2.83. The molecule has 1 saturated carbocycles. The summed E-state index contributed by atoms with van der Waals surface area (Å²) in [6, 6.07) is 14.4. The first-order chi connectivity index (χ1) is 15.9. The summed E-state index contributed by atoms with van der Waals surface area (Å²) in [7, 11) is -2.05. The van der Waals surface area contributed by atoms with Gasteiger partial charge in [0.1, 0.15) is 0 Å². The molecule has 33 heavy (non-hydrogen) atoms. The van der Waals surface area contributed by atoms with Crippen molar-refractivity contribution < 1.29 is 8.42 Å². The number of aromatic nitrogens is 4. The second-order valence-corrected chi connectivity index (χ2v) is 10.6. The summed E-state index contributed by atoms with van der Waals surface area (Å²) in [5.41, 5.74) is 2.23. The summed E-state index contributed by atoms with van der Waals surface area (Å²) in [5, 5.41) is 15.5. The highest BCUT2D eigenvalue weighted by Crippen LogP contribution is 2.28. The number of tetrazole rings is 1. The summed E-state index contributed by atoms with van der Waals surface area (Å²) in [4.78, 5) is 1.55. The van der Waals surface area contributed by atoms with Crippen molar-refractivity contribution in [2.24, 2.45) is 13.0 Å². The maximum absolute atomic E-state index is 13.0. The summed E-state index contributed by atoms with van der Waals surface area (Å²) < 4.78 is 28.8. The van der Waals surface area contributed by atoms with Crippen molar-refractivity contribution in [1.82, 2.24) is 25.5 Å². The van der Waals surface area contributed by atoms with Gasteiger partial charge in [-0.25, -0.2) is 8.42 Å². The van der Waals surface area contributed by atoms with Crippen LogP contribution in [0.2, 0.25) is 0 Å². The van der Waals surface area contributed by atoms with E-state index in [1.807, 2.05) is 18.2 Å². The summed E-state index contributed by atoms with van der Waals surface area (Å²) in [5.74, 6) is 1.25. The van der Waals surface area contributed by atoms with Crippen LogP contribution in [0.25, 0.3) is 11.4 Å². The molecule has 2 aromatic carbocycles. The number of anilines is 1. The topological polar surface area (TPSA) is 102 Å². The maximum atomic E-state index is 13.0. The fourth-order valence-corrected chi connectivity index (χ4v) is 5.55. The zero-order valence-corrected chi connectivity index (χ0v) is 20.1. The van der Waals surface area contributed by atoms with Crippen LogP contribution in [0, 0.1) is 5.92 Å². The molecule has 8 nitrogen and oxygen atoms in total. The number of para-hydroxylation sites is 1. The Morgan fingerprint density at radius 1 is 1.06 bits per heavy atom. The van der Waals surface area contributed by atoms with E-state index < -0.39 is 10.0 Å². The summed E-state index contributed by atoms with van der Waals surface area (Å²) in [6.07, 6.45) is 7.88. The van der Waals surface area contributed by atoms with Crippen molar-refractivity contribution >= 4 is 15.7 Å². The van der Waals surface area contributed by atoms with E-state index in [1.54, 1.807) is 37.4 Å². The van der Waals surface area contributed by atoms with Crippen LogP contribution in [-0.2, 0) is 23.6 Å². The Morgan fingerprint density at radius 3 is 2.48 bits per heavy atom. The van der Waals surface area contributed by atoms with Gasteiger partial charge < -0.3 is 5.32 Å². The molecule has 1 unspecified atom stereocenters. The smallest absolute Gasteiger partial charge is 0.261 e. The van der Waals surface area contributed by atoms with Crippen LogP contribution < -0.4 is 10.0 Å². The van der Waals surface area contributed by atoms with Crippen molar-refractivity contribution in [3.8, 4) is 11.4 Å². The van der Waals surface area contributed by atoms with E-state index in [-0.39, 0.29) is 4.90 Å². The lowest BCUT2D eigenvalue weighted by Crippen LogP contribution is -2.29. The molecule has 1 atom stereocenters. The van der Waals surface area contributed by atoms with Crippen LogP contribution >= 0.6 is 0 Å². The Morgan fingerprint density at radius 2 is 1.79 bits per heavy atom. The predicted molar refractivity (Wildman–Crippen MR) is 129 cm³/mol. The average Bonchev–Trinajstić information content (AvgIpc) is 3.25. The van der Waals surface area contributed by atoms with E-state index >= 15 is 0 Å². The molecule has 4 rings (SSSR count). The molecule has 1 heterocycles. The molecule has 1 aliphatic rings. The third-order valence-corrected chi connectivity index (χ3v) is 7.63. The molecular weight excluding hydrogens is 436 g/mol. The normalized spacial score (nSPS) is 15.9. The lowest BCUT2D eigenvalue weighted by Gasteiger charge is -2.25. The quantitative estimate of drug-likeness (QED) is 0.490. The molecule has 0 radical (unpaired) electrons. The number of nitrogens with zero attached hydrogens (tertiary/aromatic N) is 4. The fraction of sp³-hybridized carbons (Fsp3) is 0.458. The molecule has 1 aliphatic carbocycles. The monoisotopic (exact) mass is 468 g/mol. The van der Waals surface area contributed by atoms with Crippen LogP contribution in [0.4, 0.5) is 5.69 Å². The molecule has 3 aromatic rings. The van der Waals surface area contributed by atoms with Crippen molar-refractivity contribution in [2.45, 2.75) is 62.9 Å². The summed E-state index contributed by atoms with van der Waals surface area (Å²) >= 11 is 0. The standard InChI is InChI=1S/C24H32N6O2S/c1-18(16-19-8-4-3-5-9-19)25-17-21-10-6-7-11-23(21)28-33(31,32)22-14-12-20(13-15-22)24-26-29-30(2)27-24/h6-7,10-15,18-19,25,28H,3-5,8-9,16-17H2,1-2H3. The highest BCUT2D eigenvalue weighted by molar-refractivity contribution is 7.92.